The molecule has 0 saturated heterocycles. The molecule has 0 spiro atoms. The van der Waals surface area contributed by atoms with E-state index in [-0.39, 0.29) is 16.9 Å². The largest absolute Gasteiger partial charge is 0.508 e. The van der Waals surface area contributed by atoms with Gasteiger partial charge < -0.3 is 10.2 Å². The van der Waals surface area contributed by atoms with Crippen molar-refractivity contribution in [1.82, 2.24) is 0 Å². The van der Waals surface area contributed by atoms with Gasteiger partial charge in [-0.15, -0.1) is 0 Å². The fourth-order valence-corrected chi connectivity index (χ4v) is 6.55. The number of fused-ring (bicyclic) bond motifs is 4. The molecule has 0 unspecified atom stereocenters. The molecule has 2 N–H and O–H groups in total. The quantitative estimate of drug-likeness (QED) is 0.693. The van der Waals surface area contributed by atoms with Crippen LogP contribution in [0.4, 0.5) is 0 Å². The van der Waals surface area contributed by atoms with E-state index in [1.54, 1.807) is 11.1 Å². The molecule has 0 aromatic heterocycles. The van der Waals surface area contributed by atoms with Crippen LogP contribution in [-0.4, -0.2) is 16.3 Å². The second-order valence-electron chi connectivity index (χ2n) is 9.56. The van der Waals surface area contributed by atoms with Gasteiger partial charge in [-0.3, -0.25) is 0 Å². The first-order valence-electron chi connectivity index (χ1n) is 10.7. The zero-order valence-corrected chi connectivity index (χ0v) is 17.0. The van der Waals surface area contributed by atoms with Gasteiger partial charge in [-0.2, -0.15) is 0 Å². The van der Waals surface area contributed by atoms with Crippen LogP contribution in [0.2, 0.25) is 0 Å². The van der Waals surface area contributed by atoms with Gasteiger partial charge in [0.15, 0.2) is 0 Å². The van der Waals surface area contributed by atoms with E-state index in [0.717, 1.165) is 50.5 Å². The lowest BCUT2D eigenvalue weighted by molar-refractivity contribution is 0.156. The second kappa shape index (κ2) is 6.22. The Morgan fingerprint density at radius 2 is 1.79 bits per heavy atom. The molecule has 0 amide bonds. The summed E-state index contributed by atoms with van der Waals surface area (Å²) in [5.41, 5.74) is 8.50. The maximum Gasteiger partial charge on any atom is 0.118 e. The number of hydrogen-bond acceptors (Lipinski definition) is 2. The van der Waals surface area contributed by atoms with Crippen LogP contribution < -0.4 is 0 Å². The highest BCUT2D eigenvalue weighted by Gasteiger charge is 2.52. The average Bonchev–Trinajstić information content (AvgIpc) is 2.99. The van der Waals surface area contributed by atoms with Crippen LogP contribution in [0.15, 0.2) is 53.6 Å². The number of benzene rings is 2. The lowest BCUT2D eigenvalue weighted by atomic mass is 9.53. The van der Waals surface area contributed by atoms with Crippen LogP contribution in [0.1, 0.15) is 61.3 Å². The van der Waals surface area contributed by atoms with E-state index in [2.05, 4.69) is 50.2 Å². The molecule has 3 aliphatic carbocycles. The van der Waals surface area contributed by atoms with Crippen LogP contribution in [0.5, 0.6) is 5.75 Å². The summed E-state index contributed by atoms with van der Waals surface area (Å²) in [4.78, 5) is 0. The first-order valence-corrected chi connectivity index (χ1v) is 10.7. The number of aliphatic hydroxyl groups is 1. The SMILES string of the molecule is Cc1c(O)ccc2c1CCC1=C3C[C@H](O)C[C@]3(C)CC[C@]12Cc1ccccc1. The van der Waals surface area contributed by atoms with Crippen molar-refractivity contribution in [2.45, 2.75) is 70.3 Å². The number of aromatic hydroxyl groups is 1. The summed E-state index contributed by atoms with van der Waals surface area (Å²) < 4.78 is 0. The van der Waals surface area contributed by atoms with E-state index in [9.17, 15) is 10.2 Å². The van der Waals surface area contributed by atoms with Crippen LogP contribution in [-0.2, 0) is 18.3 Å². The molecule has 0 heterocycles. The Bertz CT molecular complexity index is 958. The molecule has 2 aromatic carbocycles. The highest BCUT2D eigenvalue weighted by Crippen LogP contribution is 2.61. The molecule has 2 nitrogen and oxygen atoms in total. The third-order valence-electron chi connectivity index (χ3n) is 7.96. The van der Waals surface area contributed by atoms with Crippen molar-refractivity contribution in [3.8, 4) is 5.75 Å². The van der Waals surface area contributed by atoms with E-state index >= 15 is 0 Å². The van der Waals surface area contributed by atoms with Crippen molar-refractivity contribution in [3.63, 3.8) is 0 Å². The van der Waals surface area contributed by atoms with Gasteiger partial charge in [0.25, 0.3) is 0 Å². The Labute approximate surface area is 167 Å². The summed E-state index contributed by atoms with van der Waals surface area (Å²) in [6.07, 6.45) is 6.89. The number of aliphatic hydroxyl groups excluding tert-OH is 1. The normalized spacial score (nSPS) is 31.3. The standard InChI is InChI=1S/C26H30O2/c1-17-20-8-9-22-23-14-19(27)16-25(23,2)12-13-26(22,21(20)10-11-24(17)28)15-18-6-4-3-5-7-18/h3-7,10-11,19,27-28H,8-9,12-16H2,1-2H3/t19-,25-,26+/m0/s1. The molecule has 1 saturated carbocycles. The zero-order chi connectivity index (χ0) is 19.5. The fourth-order valence-electron chi connectivity index (χ4n) is 6.55. The Hall–Kier alpha value is -2.06. The minimum atomic E-state index is -0.192. The molecule has 0 radical (unpaired) electrons. The van der Waals surface area contributed by atoms with Crippen LogP contribution >= 0.6 is 0 Å². The molecular weight excluding hydrogens is 344 g/mol. The highest BCUT2D eigenvalue weighted by atomic mass is 16.3. The smallest absolute Gasteiger partial charge is 0.118 e. The number of rotatable bonds is 2. The van der Waals surface area contributed by atoms with Gasteiger partial charge in [0.1, 0.15) is 5.75 Å². The van der Waals surface area contributed by atoms with E-state index < -0.39 is 0 Å². The molecular formula is C26H30O2. The van der Waals surface area contributed by atoms with Crippen molar-refractivity contribution < 1.29 is 10.2 Å². The van der Waals surface area contributed by atoms with Gasteiger partial charge in [-0.25, -0.2) is 0 Å². The Kier molecular flexibility index (Phi) is 4.00. The summed E-state index contributed by atoms with van der Waals surface area (Å²) in [6, 6.07) is 14.9. The van der Waals surface area contributed by atoms with Gasteiger partial charge in [0, 0.05) is 5.41 Å². The summed E-state index contributed by atoms with van der Waals surface area (Å²) >= 11 is 0. The molecule has 2 aromatic rings. The number of hydrogen-bond donors (Lipinski definition) is 2. The molecule has 5 rings (SSSR count). The molecule has 1 fully saturated rings. The molecule has 3 aliphatic rings. The topological polar surface area (TPSA) is 40.5 Å². The number of phenolic OH excluding ortho intramolecular Hbond substituents is 1. The van der Waals surface area contributed by atoms with E-state index in [1.807, 2.05) is 6.07 Å². The van der Waals surface area contributed by atoms with Crippen molar-refractivity contribution in [1.29, 1.82) is 0 Å². The Morgan fingerprint density at radius 3 is 2.57 bits per heavy atom. The van der Waals surface area contributed by atoms with Crippen LogP contribution in [0.3, 0.4) is 0 Å². The predicted octanol–water partition coefficient (Wildman–Crippen LogP) is 5.38. The van der Waals surface area contributed by atoms with Crippen molar-refractivity contribution >= 4 is 0 Å². The molecule has 3 atom stereocenters. The van der Waals surface area contributed by atoms with E-state index in [4.69, 9.17) is 0 Å². The molecule has 0 aliphatic heterocycles. The minimum absolute atomic E-state index is 0.00625. The van der Waals surface area contributed by atoms with E-state index in [1.165, 1.54) is 16.7 Å². The van der Waals surface area contributed by atoms with Gasteiger partial charge in [0.05, 0.1) is 6.10 Å². The summed E-state index contributed by atoms with van der Waals surface area (Å²) in [5.74, 6) is 0.418. The maximum atomic E-state index is 10.5. The average molecular weight is 375 g/mol. The van der Waals surface area contributed by atoms with E-state index in [0.29, 0.717) is 5.75 Å². The second-order valence-corrected chi connectivity index (χ2v) is 9.56. The lowest BCUT2D eigenvalue weighted by Gasteiger charge is -2.50. The molecule has 0 bridgehead atoms. The third-order valence-corrected chi connectivity index (χ3v) is 7.96. The van der Waals surface area contributed by atoms with Crippen LogP contribution in [0.25, 0.3) is 0 Å². The van der Waals surface area contributed by atoms with Gasteiger partial charge >= 0.3 is 0 Å². The number of allylic oxidation sites excluding steroid dienone is 1. The molecule has 28 heavy (non-hydrogen) atoms. The molecule has 2 heteroatoms. The molecule has 146 valence electrons. The maximum absolute atomic E-state index is 10.5. The predicted molar refractivity (Wildman–Crippen MR) is 113 cm³/mol. The summed E-state index contributed by atoms with van der Waals surface area (Å²) in [6.45, 7) is 4.43. The van der Waals surface area contributed by atoms with Crippen molar-refractivity contribution in [2.75, 3.05) is 0 Å². The number of phenols is 1. The monoisotopic (exact) mass is 374 g/mol. The van der Waals surface area contributed by atoms with Crippen molar-refractivity contribution in [3.05, 3.63) is 75.9 Å². The van der Waals surface area contributed by atoms with Gasteiger partial charge in [0.2, 0.25) is 0 Å². The minimum Gasteiger partial charge on any atom is -0.508 e. The first-order chi connectivity index (χ1) is 13.4. The third kappa shape index (κ3) is 2.50. The van der Waals surface area contributed by atoms with Crippen molar-refractivity contribution in [2.24, 2.45) is 5.41 Å². The van der Waals surface area contributed by atoms with Gasteiger partial charge in [-0.05, 0) is 85.6 Å². The summed E-state index contributed by atoms with van der Waals surface area (Å²) in [7, 11) is 0. The first kappa shape index (κ1) is 18.0. The zero-order valence-electron chi connectivity index (χ0n) is 17.0. The summed E-state index contributed by atoms with van der Waals surface area (Å²) in [5, 5.41) is 20.8. The lowest BCUT2D eigenvalue weighted by Crippen LogP contribution is -2.42. The Balaban J connectivity index is 1.75. The van der Waals surface area contributed by atoms with Gasteiger partial charge in [-0.1, -0.05) is 54.5 Å². The fraction of sp³-hybridized carbons (Fsp3) is 0.462. The Morgan fingerprint density at radius 1 is 1.00 bits per heavy atom. The van der Waals surface area contributed by atoms with Crippen LogP contribution in [0, 0.1) is 12.3 Å². The highest BCUT2D eigenvalue weighted by molar-refractivity contribution is 5.56.